The number of nitrogens with one attached hydrogen (secondary N) is 1. The van der Waals surface area contributed by atoms with Gasteiger partial charge in [-0.2, -0.15) is 0 Å². The van der Waals surface area contributed by atoms with Crippen LogP contribution >= 0.6 is 11.3 Å². The Morgan fingerprint density at radius 1 is 1.24 bits per heavy atom. The summed E-state index contributed by atoms with van der Waals surface area (Å²) in [5, 5.41) is 3.76. The summed E-state index contributed by atoms with van der Waals surface area (Å²) in [5.41, 5.74) is 9.60. The van der Waals surface area contributed by atoms with Gasteiger partial charge in [0.2, 0.25) is 5.95 Å². The lowest BCUT2D eigenvalue weighted by molar-refractivity contribution is 1.17. The molecule has 21 heavy (non-hydrogen) atoms. The topological polar surface area (TPSA) is 76.7 Å². The van der Waals surface area contributed by atoms with Crippen molar-refractivity contribution in [3.8, 4) is 10.6 Å². The maximum absolute atomic E-state index is 5.74. The molecule has 0 radical (unpaired) electrons. The number of anilines is 3. The molecule has 0 amide bonds. The maximum Gasteiger partial charge on any atom is 0.227 e. The summed E-state index contributed by atoms with van der Waals surface area (Å²) in [7, 11) is 2.05. The number of aryl methyl sites for hydroxylation is 1. The Hall–Kier alpha value is -2.41. The van der Waals surface area contributed by atoms with Crippen molar-refractivity contribution in [3.05, 3.63) is 42.2 Å². The van der Waals surface area contributed by atoms with Gasteiger partial charge >= 0.3 is 0 Å². The van der Waals surface area contributed by atoms with Gasteiger partial charge in [-0.3, -0.25) is 0 Å². The molecule has 0 aliphatic rings. The molecule has 3 rings (SSSR count). The highest BCUT2D eigenvalue weighted by atomic mass is 32.1. The van der Waals surface area contributed by atoms with Crippen LogP contribution in [0.25, 0.3) is 10.6 Å². The molecule has 0 spiro atoms. The molecule has 0 aliphatic carbocycles. The number of nitrogen functional groups attached to an aromatic ring is 1. The minimum absolute atomic E-state index is 0.550. The van der Waals surface area contributed by atoms with Crippen LogP contribution in [0.3, 0.4) is 0 Å². The van der Waals surface area contributed by atoms with Crippen LogP contribution in [0.2, 0.25) is 0 Å². The Morgan fingerprint density at radius 3 is 2.81 bits per heavy atom. The second-order valence-corrected chi connectivity index (χ2v) is 5.76. The summed E-state index contributed by atoms with van der Waals surface area (Å²) >= 11 is 1.43. The molecular weight excluding hydrogens is 281 g/mol. The molecule has 0 bridgehead atoms. The zero-order chi connectivity index (χ0) is 14.8. The van der Waals surface area contributed by atoms with Gasteiger partial charge in [-0.05, 0) is 25.1 Å². The van der Waals surface area contributed by atoms with Crippen molar-refractivity contribution in [1.29, 1.82) is 0 Å². The molecule has 5 nitrogen and oxygen atoms in total. The predicted molar refractivity (Wildman–Crippen MR) is 90.2 cm³/mol. The Labute approximate surface area is 127 Å². The second kappa shape index (κ2) is 5.53. The highest BCUT2D eigenvalue weighted by molar-refractivity contribution is 7.18. The largest absolute Gasteiger partial charge is 0.375 e. The highest BCUT2D eigenvalue weighted by Gasteiger charge is 2.10. The standard InChI is InChI=1S/C14H14BN5S/c1-8-12(21-13(16)18-8)11-5-6-17-14(20-11)19-10-4-2-3-9(15)7-10/h2-7H,15H2,1H3,(H2,16,18)(H,17,19,20). The minimum Gasteiger partial charge on any atom is -0.375 e. The predicted octanol–water partition coefficient (Wildman–Crippen LogP) is 1.49. The van der Waals surface area contributed by atoms with Crippen LogP contribution in [-0.4, -0.2) is 22.8 Å². The molecule has 104 valence electrons. The van der Waals surface area contributed by atoms with E-state index in [1.807, 2.05) is 45.1 Å². The van der Waals surface area contributed by atoms with Crippen LogP contribution in [-0.2, 0) is 0 Å². The number of hydrogen-bond acceptors (Lipinski definition) is 6. The Kier molecular flexibility index (Phi) is 3.58. The van der Waals surface area contributed by atoms with Crippen LogP contribution in [0.1, 0.15) is 5.69 Å². The molecule has 0 fully saturated rings. The molecule has 0 saturated carbocycles. The van der Waals surface area contributed by atoms with E-state index >= 15 is 0 Å². The third-order valence-corrected chi connectivity index (χ3v) is 3.98. The fourth-order valence-electron chi connectivity index (χ4n) is 2.05. The molecule has 0 atom stereocenters. The van der Waals surface area contributed by atoms with Gasteiger partial charge in [0, 0.05) is 11.9 Å². The average molecular weight is 295 g/mol. The van der Waals surface area contributed by atoms with Crippen LogP contribution in [0.5, 0.6) is 0 Å². The van der Waals surface area contributed by atoms with E-state index in [0.717, 1.165) is 22.0 Å². The number of thiazole rings is 1. The summed E-state index contributed by atoms with van der Waals surface area (Å²) in [6, 6.07) is 9.94. The van der Waals surface area contributed by atoms with Crippen LogP contribution in [0, 0.1) is 6.92 Å². The number of aromatic nitrogens is 3. The molecule has 2 heterocycles. The second-order valence-electron chi connectivity index (χ2n) is 4.73. The molecular formula is C14H14BN5S. The number of benzene rings is 1. The van der Waals surface area contributed by atoms with Crippen LogP contribution < -0.4 is 16.5 Å². The summed E-state index contributed by atoms with van der Waals surface area (Å²) in [6.45, 7) is 1.93. The maximum atomic E-state index is 5.74. The molecule has 1 aromatic carbocycles. The van der Waals surface area contributed by atoms with Gasteiger partial charge in [-0.15, -0.1) is 0 Å². The fourth-order valence-corrected chi connectivity index (χ4v) is 2.86. The van der Waals surface area contributed by atoms with Gasteiger partial charge in [0.05, 0.1) is 16.3 Å². The molecule has 2 aromatic heterocycles. The van der Waals surface area contributed by atoms with Crippen molar-refractivity contribution in [2.24, 2.45) is 0 Å². The number of hydrogen-bond donors (Lipinski definition) is 2. The van der Waals surface area contributed by atoms with Crippen molar-refractivity contribution in [2.45, 2.75) is 6.92 Å². The zero-order valence-corrected chi connectivity index (χ0v) is 12.6. The third-order valence-electron chi connectivity index (χ3n) is 2.98. The monoisotopic (exact) mass is 295 g/mol. The average Bonchev–Trinajstić information content (AvgIpc) is 2.78. The first kappa shape index (κ1) is 13.6. The lowest BCUT2D eigenvalue weighted by atomic mass is 9.96. The first-order valence-electron chi connectivity index (χ1n) is 6.52. The normalized spacial score (nSPS) is 10.5. The SMILES string of the molecule is Bc1cccc(Nc2nccc(-c3sc(N)nc3C)n2)c1. The molecule has 3 N–H and O–H groups in total. The smallest absolute Gasteiger partial charge is 0.227 e. The van der Waals surface area contributed by atoms with Crippen LogP contribution in [0.4, 0.5) is 16.8 Å². The number of rotatable bonds is 3. The van der Waals surface area contributed by atoms with E-state index in [2.05, 4.69) is 20.3 Å². The third kappa shape index (κ3) is 3.03. The zero-order valence-electron chi connectivity index (χ0n) is 11.8. The first-order chi connectivity index (χ1) is 10.1. The van der Waals surface area contributed by atoms with E-state index < -0.39 is 0 Å². The highest BCUT2D eigenvalue weighted by Crippen LogP contribution is 2.30. The van der Waals surface area contributed by atoms with Gasteiger partial charge in [-0.25, -0.2) is 15.0 Å². The van der Waals surface area contributed by atoms with Gasteiger partial charge in [-0.1, -0.05) is 28.9 Å². The summed E-state index contributed by atoms with van der Waals surface area (Å²) in [5.74, 6) is 0.560. The van der Waals surface area contributed by atoms with Crippen molar-refractivity contribution in [1.82, 2.24) is 15.0 Å². The van der Waals surface area contributed by atoms with Crippen molar-refractivity contribution in [3.63, 3.8) is 0 Å². The molecule has 3 aromatic rings. The van der Waals surface area contributed by atoms with E-state index in [-0.39, 0.29) is 0 Å². The molecule has 7 heteroatoms. The van der Waals surface area contributed by atoms with Crippen molar-refractivity contribution >= 4 is 41.4 Å². The van der Waals surface area contributed by atoms with Gasteiger partial charge < -0.3 is 11.1 Å². The Bertz CT molecular complexity index is 787. The van der Waals surface area contributed by atoms with Gasteiger partial charge in [0.15, 0.2) is 5.13 Å². The number of nitrogens with two attached hydrogens (primary N) is 1. The lowest BCUT2D eigenvalue weighted by Gasteiger charge is -2.06. The Balaban J connectivity index is 1.92. The van der Waals surface area contributed by atoms with Gasteiger partial charge in [0.25, 0.3) is 0 Å². The van der Waals surface area contributed by atoms with Crippen LogP contribution in [0.15, 0.2) is 36.5 Å². The fraction of sp³-hybridized carbons (Fsp3) is 0.0714. The molecule has 0 unspecified atom stereocenters. The van der Waals surface area contributed by atoms with E-state index in [1.54, 1.807) is 6.20 Å². The summed E-state index contributed by atoms with van der Waals surface area (Å²) in [6.07, 6.45) is 1.73. The number of nitrogens with zero attached hydrogens (tertiary/aromatic N) is 3. The van der Waals surface area contributed by atoms with E-state index in [4.69, 9.17) is 5.73 Å². The van der Waals surface area contributed by atoms with E-state index in [9.17, 15) is 0 Å². The molecule has 0 saturated heterocycles. The Morgan fingerprint density at radius 2 is 2.10 bits per heavy atom. The summed E-state index contributed by atoms with van der Waals surface area (Å²) < 4.78 is 0. The van der Waals surface area contributed by atoms with E-state index in [1.165, 1.54) is 16.8 Å². The van der Waals surface area contributed by atoms with Gasteiger partial charge in [0.1, 0.15) is 7.85 Å². The summed E-state index contributed by atoms with van der Waals surface area (Å²) in [4.78, 5) is 14.0. The quantitative estimate of drug-likeness (QED) is 0.716. The van der Waals surface area contributed by atoms with Crippen molar-refractivity contribution in [2.75, 3.05) is 11.1 Å². The lowest BCUT2D eigenvalue weighted by Crippen LogP contribution is -2.04. The van der Waals surface area contributed by atoms with Crippen molar-refractivity contribution < 1.29 is 0 Å². The minimum atomic E-state index is 0.550. The van der Waals surface area contributed by atoms with E-state index in [0.29, 0.717) is 11.1 Å². The first-order valence-corrected chi connectivity index (χ1v) is 7.33. The molecule has 0 aliphatic heterocycles.